The molecule has 27 heavy (non-hydrogen) atoms. The summed E-state index contributed by atoms with van der Waals surface area (Å²) in [6.45, 7) is 0.324. The van der Waals surface area contributed by atoms with Crippen LogP contribution in [0.25, 0.3) is 0 Å². The van der Waals surface area contributed by atoms with E-state index in [1.54, 1.807) is 43.4 Å². The van der Waals surface area contributed by atoms with Gasteiger partial charge < -0.3 is 34.3 Å². The summed E-state index contributed by atoms with van der Waals surface area (Å²) >= 11 is 0. The zero-order valence-corrected chi connectivity index (χ0v) is 15.2. The highest BCUT2D eigenvalue weighted by Gasteiger charge is 2.17. The van der Waals surface area contributed by atoms with Crippen LogP contribution in [0.5, 0.6) is 23.0 Å². The molecule has 0 aliphatic carbocycles. The van der Waals surface area contributed by atoms with Gasteiger partial charge in [-0.3, -0.25) is 0 Å². The van der Waals surface area contributed by atoms with Gasteiger partial charge in [-0.2, -0.15) is 0 Å². The van der Waals surface area contributed by atoms with Crippen molar-refractivity contribution in [3.05, 3.63) is 42.5 Å². The zero-order chi connectivity index (χ0) is 19.2. The number of aliphatic hydroxyl groups is 1. The highest BCUT2D eigenvalue weighted by molar-refractivity contribution is 5.90. The van der Waals surface area contributed by atoms with Crippen LogP contribution in [-0.2, 0) is 0 Å². The smallest absolute Gasteiger partial charge is 0.321 e. The fraction of sp³-hybridized carbons (Fsp3) is 0.316. The summed E-state index contributed by atoms with van der Waals surface area (Å²) in [5.41, 5.74) is 0.558. The number of ether oxygens (including phenoxy) is 4. The van der Waals surface area contributed by atoms with Crippen molar-refractivity contribution in [3.63, 3.8) is 0 Å². The van der Waals surface area contributed by atoms with Gasteiger partial charge in [-0.05, 0) is 24.3 Å². The highest BCUT2D eigenvalue weighted by Crippen LogP contribution is 2.35. The molecule has 0 aromatic heterocycles. The van der Waals surface area contributed by atoms with Crippen LogP contribution in [-0.4, -0.2) is 56.2 Å². The Kier molecular flexibility index (Phi) is 5.87. The van der Waals surface area contributed by atoms with Crippen molar-refractivity contribution in [2.45, 2.75) is 6.10 Å². The molecule has 2 N–H and O–H groups in total. The van der Waals surface area contributed by atoms with Crippen molar-refractivity contribution in [3.8, 4) is 23.0 Å². The third kappa shape index (κ3) is 4.73. The van der Waals surface area contributed by atoms with Crippen LogP contribution in [0, 0.1) is 0 Å². The fourth-order valence-electron chi connectivity index (χ4n) is 2.57. The maximum atomic E-state index is 12.3. The Morgan fingerprint density at radius 3 is 2.85 bits per heavy atom. The van der Waals surface area contributed by atoms with Crippen LogP contribution in [0.2, 0.25) is 0 Å². The molecule has 1 atom stereocenters. The van der Waals surface area contributed by atoms with Crippen molar-refractivity contribution in [2.24, 2.45) is 0 Å². The number of anilines is 1. The number of carbonyl (C=O) groups excluding carboxylic acids is 1. The first-order chi connectivity index (χ1) is 13.1. The van der Waals surface area contributed by atoms with Gasteiger partial charge in [-0.25, -0.2) is 4.79 Å². The van der Waals surface area contributed by atoms with Gasteiger partial charge in [-0.15, -0.1) is 0 Å². The van der Waals surface area contributed by atoms with E-state index in [0.717, 1.165) is 0 Å². The van der Waals surface area contributed by atoms with Gasteiger partial charge in [0, 0.05) is 13.1 Å². The monoisotopic (exact) mass is 374 g/mol. The van der Waals surface area contributed by atoms with Gasteiger partial charge in [0.05, 0.1) is 19.3 Å². The number of aliphatic hydroxyl groups excluding tert-OH is 1. The molecule has 0 unspecified atom stereocenters. The maximum Gasteiger partial charge on any atom is 0.321 e. The van der Waals surface area contributed by atoms with Crippen LogP contribution in [0.3, 0.4) is 0 Å². The Labute approximate surface area is 157 Å². The van der Waals surface area contributed by atoms with Crippen molar-refractivity contribution >= 4 is 11.7 Å². The minimum Gasteiger partial charge on any atom is -0.495 e. The molecule has 2 amide bonds. The summed E-state index contributed by atoms with van der Waals surface area (Å²) < 4.78 is 21.3. The first-order valence-corrected chi connectivity index (χ1v) is 8.42. The number of hydrogen-bond acceptors (Lipinski definition) is 6. The average Bonchev–Trinajstić information content (AvgIpc) is 3.14. The molecule has 0 saturated carbocycles. The second-order valence-corrected chi connectivity index (χ2v) is 5.99. The van der Waals surface area contributed by atoms with E-state index in [-0.39, 0.29) is 26.0 Å². The van der Waals surface area contributed by atoms with Gasteiger partial charge in [0.25, 0.3) is 0 Å². The number of para-hydroxylation sites is 2. The fourth-order valence-corrected chi connectivity index (χ4v) is 2.57. The van der Waals surface area contributed by atoms with E-state index in [2.05, 4.69) is 5.32 Å². The third-order valence-corrected chi connectivity index (χ3v) is 3.97. The molecule has 0 radical (unpaired) electrons. The molecule has 0 spiro atoms. The molecular formula is C19H22N2O6. The van der Waals surface area contributed by atoms with Gasteiger partial charge >= 0.3 is 6.03 Å². The quantitative estimate of drug-likeness (QED) is 0.773. The van der Waals surface area contributed by atoms with Crippen LogP contribution in [0.1, 0.15) is 0 Å². The van der Waals surface area contributed by atoms with E-state index in [9.17, 15) is 9.90 Å². The molecule has 8 nitrogen and oxygen atoms in total. The predicted octanol–water partition coefficient (Wildman–Crippen LogP) is 2.33. The topological polar surface area (TPSA) is 89.5 Å². The van der Waals surface area contributed by atoms with E-state index in [1.165, 1.54) is 12.0 Å². The van der Waals surface area contributed by atoms with Gasteiger partial charge in [-0.1, -0.05) is 12.1 Å². The number of likely N-dealkylation sites (N-methyl/N-ethyl adjacent to an activating group) is 1. The van der Waals surface area contributed by atoms with E-state index in [0.29, 0.717) is 28.7 Å². The number of carbonyl (C=O) groups is 1. The number of hydrogen-bond donors (Lipinski definition) is 2. The van der Waals surface area contributed by atoms with Crippen LogP contribution >= 0.6 is 0 Å². The number of urea groups is 1. The maximum absolute atomic E-state index is 12.3. The van der Waals surface area contributed by atoms with Crippen molar-refractivity contribution in [1.29, 1.82) is 0 Å². The van der Waals surface area contributed by atoms with Crippen LogP contribution in [0.15, 0.2) is 42.5 Å². The molecule has 0 bridgehead atoms. The molecule has 144 valence electrons. The molecule has 1 aliphatic heterocycles. The van der Waals surface area contributed by atoms with Gasteiger partial charge in [0.15, 0.2) is 11.5 Å². The second-order valence-electron chi connectivity index (χ2n) is 5.99. The number of rotatable bonds is 7. The summed E-state index contributed by atoms with van der Waals surface area (Å²) in [6.07, 6.45) is -0.858. The summed E-state index contributed by atoms with van der Waals surface area (Å²) in [7, 11) is 3.13. The normalized spacial score (nSPS) is 13.0. The third-order valence-electron chi connectivity index (χ3n) is 3.97. The Morgan fingerprint density at radius 2 is 2.04 bits per heavy atom. The number of nitrogens with zero attached hydrogens (tertiary/aromatic N) is 1. The van der Waals surface area contributed by atoms with Crippen molar-refractivity contribution in [1.82, 2.24) is 4.90 Å². The van der Waals surface area contributed by atoms with E-state index >= 15 is 0 Å². The largest absolute Gasteiger partial charge is 0.495 e. The first kappa shape index (κ1) is 18.7. The summed E-state index contributed by atoms with van der Waals surface area (Å²) in [5.74, 6) is 2.39. The Hall–Kier alpha value is -3.13. The van der Waals surface area contributed by atoms with Crippen molar-refractivity contribution < 1.29 is 28.8 Å². The molecule has 0 fully saturated rings. The SMILES string of the molecule is COc1ccccc1NC(=O)N(C)C[C@H](O)COc1ccc2c(c1)OCO2. The number of amides is 2. The Bertz CT molecular complexity index is 798. The minimum atomic E-state index is -0.858. The lowest BCUT2D eigenvalue weighted by Gasteiger charge is -2.22. The zero-order valence-electron chi connectivity index (χ0n) is 15.2. The average molecular weight is 374 g/mol. The summed E-state index contributed by atoms with van der Waals surface area (Å²) in [5, 5.41) is 12.9. The minimum absolute atomic E-state index is 0.0337. The molecule has 2 aromatic rings. The standard InChI is InChI=1S/C19H22N2O6/c1-21(19(23)20-15-5-3-4-6-16(15)24-2)10-13(22)11-25-14-7-8-17-18(9-14)27-12-26-17/h3-9,13,22H,10-12H2,1-2H3,(H,20,23)/t13-/m0/s1. The van der Waals surface area contributed by atoms with E-state index < -0.39 is 6.10 Å². The molecule has 1 heterocycles. The number of methoxy groups -OCH3 is 1. The molecule has 0 saturated heterocycles. The first-order valence-electron chi connectivity index (χ1n) is 8.42. The highest BCUT2D eigenvalue weighted by atomic mass is 16.7. The molecule has 3 rings (SSSR count). The second kappa shape index (κ2) is 8.50. The predicted molar refractivity (Wildman–Crippen MR) is 98.7 cm³/mol. The van der Waals surface area contributed by atoms with Gasteiger partial charge in [0.2, 0.25) is 6.79 Å². The van der Waals surface area contributed by atoms with Crippen LogP contribution < -0.4 is 24.3 Å². The summed E-state index contributed by atoms with van der Waals surface area (Å²) in [6, 6.07) is 11.9. The Morgan fingerprint density at radius 1 is 1.26 bits per heavy atom. The molecule has 8 heteroatoms. The molecular weight excluding hydrogens is 352 g/mol. The lowest BCUT2D eigenvalue weighted by Crippen LogP contribution is -2.39. The van der Waals surface area contributed by atoms with E-state index in [4.69, 9.17) is 18.9 Å². The molecule has 2 aromatic carbocycles. The van der Waals surface area contributed by atoms with Crippen LogP contribution in [0.4, 0.5) is 10.5 Å². The molecule has 1 aliphatic rings. The lowest BCUT2D eigenvalue weighted by molar-refractivity contribution is 0.0849. The van der Waals surface area contributed by atoms with Gasteiger partial charge in [0.1, 0.15) is 24.2 Å². The summed E-state index contributed by atoms with van der Waals surface area (Å²) in [4.78, 5) is 13.7. The van der Waals surface area contributed by atoms with E-state index in [1.807, 2.05) is 6.07 Å². The number of benzene rings is 2. The number of nitrogens with one attached hydrogen (secondary N) is 1. The number of fused-ring (bicyclic) bond motifs is 1. The van der Waals surface area contributed by atoms with Crippen molar-refractivity contribution in [2.75, 3.05) is 39.4 Å². The lowest BCUT2D eigenvalue weighted by atomic mass is 10.3. The Balaban J connectivity index is 1.48.